The standard InChI is InChI=1S/C14H16N2O3S/c15-9-12(8-11-4-2-1-3-5-11)14(17)16-13-6-7-20(18,19)10-13/h1-5,12-13H,6-8,10H2,(H,16,17). The monoisotopic (exact) mass is 292 g/mol. The molecular formula is C14H16N2O3S. The summed E-state index contributed by atoms with van der Waals surface area (Å²) in [6, 6.07) is 10.9. The topological polar surface area (TPSA) is 87.0 Å². The summed E-state index contributed by atoms with van der Waals surface area (Å²) in [7, 11) is -3.03. The third kappa shape index (κ3) is 3.81. The van der Waals surface area contributed by atoms with Gasteiger partial charge >= 0.3 is 0 Å². The lowest BCUT2D eigenvalue weighted by atomic mass is 9.99. The van der Waals surface area contributed by atoms with Gasteiger partial charge in [0.15, 0.2) is 9.84 Å². The first-order chi connectivity index (χ1) is 9.50. The van der Waals surface area contributed by atoms with Gasteiger partial charge in [-0.1, -0.05) is 30.3 Å². The second-order valence-electron chi connectivity index (χ2n) is 4.98. The number of carbonyl (C=O) groups is 1. The minimum absolute atomic E-state index is 0.0256. The van der Waals surface area contributed by atoms with Gasteiger partial charge in [0.05, 0.1) is 17.6 Å². The van der Waals surface area contributed by atoms with Crippen molar-refractivity contribution in [1.29, 1.82) is 5.26 Å². The molecule has 1 N–H and O–H groups in total. The van der Waals surface area contributed by atoms with Crippen LogP contribution in [0.2, 0.25) is 0 Å². The Bertz CT molecular complexity index is 620. The van der Waals surface area contributed by atoms with Crippen LogP contribution in [0, 0.1) is 17.2 Å². The molecular weight excluding hydrogens is 276 g/mol. The molecule has 1 amide bonds. The average molecular weight is 292 g/mol. The molecule has 20 heavy (non-hydrogen) atoms. The second-order valence-corrected chi connectivity index (χ2v) is 7.21. The Morgan fingerprint density at radius 2 is 2.10 bits per heavy atom. The first-order valence-corrected chi connectivity index (χ1v) is 8.26. The highest BCUT2D eigenvalue weighted by atomic mass is 32.2. The number of benzene rings is 1. The van der Waals surface area contributed by atoms with Gasteiger partial charge < -0.3 is 5.32 Å². The summed E-state index contributed by atoms with van der Waals surface area (Å²) < 4.78 is 22.7. The van der Waals surface area contributed by atoms with Gasteiger partial charge in [-0.15, -0.1) is 0 Å². The smallest absolute Gasteiger partial charge is 0.237 e. The molecule has 0 bridgehead atoms. The van der Waals surface area contributed by atoms with Crippen LogP contribution in [0.15, 0.2) is 30.3 Å². The number of nitrogens with one attached hydrogen (secondary N) is 1. The number of nitrogens with zero attached hydrogens (tertiary/aromatic N) is 1. The molecule has 0 spiro atoms. The summed E-state index contributed by atoms with van der Waals surface area (Å²) in [5.41, 5.74) is 0.910. The van der Waals surface area contributed by atoms with E-state index in [4.69, 9.17) is 5.26 Å². The van der Waals surface area contributed by atoms with E-state index in [2.05, 4.69) is 5.32 Å². The predicted octanol–water partition coefficient (Wildman–Crippen LogP) is 0.672. The third-order valence-electron chi connectivity index (χ3n) is 3.33. The van der Waals surface area contributed by atoms with Crippen molar-refractivity contribution in [3.8, 4) is 6.07 Å². The number of rotatable bonds is 4. The van der Waals surface area contributed by atoms with Crippen LogP contribution in [0.25, 0.3) is 0 Å². The molecule has 1 aromatic carbocycles. The zero-order chi connectivity index (χ0) is 14.6. The molecule has 106 valence electrons. The van der Waals surface area contributed by atoms with E-state index in [1.165, 1.54) is 0 Å². The number of amides is 1. The maximum atomic E-state index is 12.0. The van der Waals surface area contributed by atoms with E-state index < -0.39 is 21.7 Å². The molecule has 1 heterocycles. The van der Waals surface area contributed by atoms with Gasteiger partial charge in [0.25, 0.3) is 0 Å². The van der Waals surface area contributed by atoms with Crippen LogP contribution in [0.4, 0.5) is 0 Å². The zero-order valence-corrected chi connectivity index (χ0v) is 11.8. The van der Waals surface area contributed by atoms with Crippen LogP contribution in [0.3, 0.4) is 0 Å². The van der Waals surface area contributed by atoms with Crippen molar-refractivity contribution >= 4 is 15.7 Å². The van der Waals surface area contributed by atoms with Crippen molar-refractivity contribution in [3.05, 3.63) is 35.9 Å². The zero-order valence-electron chi connectivity index (χ0n) is 11.0. The highest BCUT2D eigenvalue weighted by Gasteiger charge is 2.30. The van der Waals surface area contributed by atoms with Crippen LogP contribution >= 0.6 is 0 Å². The van der Waals surface area contributed by atoms with Crippen molar-refractivity contribution in [2.45, 2.75) is 18.9 Å². The largest absolute Gasteiger partial charge is 0.351 e. The van der Waals surface area contributed by atoms with Gasteiger partial charge in [0.1, 0.15) is 5.92 Å². The first-order valence-electron chi connectivity index (χ1n) is 6.44. The third-order valence-corrected chi connectivity index (χ3v) is 5.10. The Morgan fingerprint density at radius 3 is 2.65 bits per heavy atom. The Kier molecular flexibility index (Phi) is 4.40. The molecule has 6 heteroatoms. The van der Waals surface area contributed by atoms with Gasteiger partial charge in [-0.2, -0.15) is 5.26 Å². The van der Waals surface area contributed by atoms with Crippen molar-refractivity contribution < 1.29 is 13.2 Å². The molecule has 1 aliphatic heterocycles. The van der Waals surface area contributed by atoms with Gasteiger partial charge in [-0.3, -0.25) is 4.79 Å². The van der Waals surface area contributed by atoms with Gasteiger partial charge in [0, 0.05) is 6.04 Å². The molecule has 1 aromatic rings. The van der Waals surface area contributed by atoms with E-state index in [-0.39, 0.29) is 17.5 Å². The van der Waals surface area contributed by atoms with E-state index in [1.807, 2.05) is 36.4 Å². The minimum Gasteiger partial charge on any atom is -0.351 e. The van der Waals surface area contributed by atoms with E-state index in [9.17, 15) is 13.2 Å². The lowest BCUT2D eigenvalue weighted by Crippen LogP contribution is -2.39. The first kappa shape index (κ1) is 14.5. The van der Waals surface area contributed by atoms with E-state index in [0.29, 0.717) is 12.8 Å². The summed E-state index contributed by atoms with van der Waals surface area (Å²) in [5, 5.41) is 11.8. The lowest BCUT2D eigenvalue weighted by Gasteiger charge is -2.14. The SMILES string of the molecule is N#CC(Cc1ccccc1)C(=O)NC1CCS(=O)(=O)C1. The summed E-state index contributed by atoms with van der Waals surface area (Å²) in [4.78, 5) is 12.0. The Hall–Kier alpha value is -1.87. The van der Waals surface area contributed by atoms with Gasteiger partial charge in [-0.05, 0) is 18.4 Å². The molecule has 2 atom stereocenters. The predicted molar refractivity (Wildman–Crippen MR) is 74.5 cm³/mol. The van der Waals surface area contributed by atoms with Crippen molar-refractivity contribution in [3.63, 3.8) is 0 Å². The minimum atomic E-state index is -3.03. The highest BCUT2D eigenvalue weighted by Crippen LogP contribution is 2.13. The molecule has 0 aliphatic carbocycles. The Morgan fingerprint density at radius 1 is 1.40 bits per heavy atom. The molecule has 1 saturated heterocycles. The molecule has 1 fully saturated rings. The normalized spacial score (nSPS) is 21.9. The fraction of sp³-hybridized carbons (Fsp3) is 0.429. The van der Waals surface area contributed by atoms with Crippen LogP contribution in [0.1, 0.15) is 12.0 Å². The van der Waals surface area contributed by atoms with Crippen LogP contribution in [-0.4, -0.2) is 31.9 Å². The molecule has 1 aliphatic rings. The summed E-state index contributed by atoms with van der Waals surface area (Å²) in [6.45, 7) is 0. The average Bonchev–Trinajstić information content (AvgIpc) is 2.76. The molecule has 5 nitrogen and oxygen atoms in total. The molecule has 2 rings (SSSR count). The number of hydrogen-bond acceptors (Lipinski definition) is 4. The van der Waals surface area contributed by atoms with Crippen LogP contribution in [-0.2, 0) is 21.1 Å². The van der Waals surface area contributed by atoms with Crippen LogP contribution in [0.5, 0.6) is 0 Å². The molecule has 2 unspecified atom stereocenters. The van der Waals surface area contributed by atoms with E-state index >= 15 is 0 Å². The summed E-state index contributed by atoms with van der Waals surface area (Å²) >= 11 is 0. The summed E-state index contributed by atoms with van der Waals surface area (Å²) in [5.74, 6) is -1.10. The maximum Gasteiger partial charge on any atom is 0.237 e. The quantitative estimate of drug-likeness (QED) is 0.883. The fourth-order valence-corrected chi connectivity index (χ4v) is 3.93. The Balaban J connectivity index is 1.95. The summed E-state index contributed by atoms with van der Waals surface area (Å²) in [6.07, 6.45) is 0.764. The van der Waals surface area contributed by atoms with E-state index in [1.54, 1.807) is 0 Å². The fourth-order valence-electron chi connectivity index (χ4n) is 2.26. The second kappa shape index (κ2) is 6.06. The molecule has 0 aromatic heterocycles. The number of nitriles is 1. The number of hydrogen-bond donors (Lipinski definition) is 1. The van der Waals surface area contributed by atoms with Crippen LogP contribution < -0.4 is 5.32 Å². The number of carbonyl (C=O) groups excluding carboxylic acids is 1. The molecule has 0 saturated carbocycles. The molecule has 0 radical (unpaired) electrons. The Labute approximate surface area is 118 Å². The van der Waals surface area contributed by atoms with E-state index in [0.717, 1.165) is 5.56 Å². The highest BCUT2D eigenvalue weighted by molar-refractivity contribution is 7.91. The maximum absolute atomic E-state index is 12.0. The van der Waals surface area contributed by atoms with Gasteiger partial charge in [0.2, 0.25) is 5.91 Å². The number of sulfone groups is 1. The van der Waals surface area contributed by atoms with Crippen molar-refractivity contribution in [2.75, 3.05) is 11.5 Å². The van der Waals surface area contributed by atoms with Crippen molar-refractivity contribution in [1.82, 2.24) is 5.32 Å². The lowest BCUT2D eigenvalue weighted by molar-refractivity contribution is -0.123. The van der Waals surface area contributed by atoms with Crippen molar-refractivity contribution in [2.24, 2.45) is 5.92 Å². The van der Waals surface area contributed by atoms with Gasteiger partial charge in [-0.25, -0.2) is 8.42 Å².